The highest BCUT2D eigenvalue weighted by Gasteiger charge is 2.31. The number of carbonyl (C=O) groups is 1. The normalized spacial score (nSPS) is 11.6. The Labute approximate surface area is 174 Å². The molecule has 5 nitrogen and oxygen atoms in total. The largest absolute Gasteiger partial charge is 0.416 e. The van der Waals surface area contributed by atoms with Crippen LogP contribution in [0.25, 0.3) is 16.8 Å². The van der Waals surface area contributed by atoms with Gasteiger partial charge in [-0.2, -0.15) is 13.2 Å². The first-order valence-electron chi connectivity index (χ1n) is 9.28. The van der Waals surface area contributed by atoms with E-state index in [1.54, 1.807) is 13.0 Å². The lowest BCUT2D eigenvalue weighted by Gasteiger charge is -2.10. The molecule has 0 spiro atoms. The third-order valence-corrected chi connectivity index (χ3v) is 4.72. The van der Waals surface area contributed by atoms with Gasteiger partial charge in [0.15, 0.2) is 11.5 Å². The van der Waals surface area contributed by atoms with Gasteiger partial charge in [0.25, 0.3) is 0 Å². The molecular weight excluding hydrogens is 412 g/mol. The lowest BCUT2D eigenvalue weighted by molar-refractivity contribution is -0.137. The Kier molecular flexibility index (Phi) is 5.18. The van der Waals surface area contributed by atoms with Crippen molar-refractivity contribution in [2.24, 2.45) is 0 Å². The first-order chi connectivity index (χ1) is 14.7. The number of nitrogens with one attached hydrogen (secondary N) is 1. The maximum atomic E-state index is 13.2. The Morgan fingerprint density at radius 1 is 1.10 bits per heavy atom. The van der Waals surface area contributed by atoms with E-state index >= 15 is 0 Å². The number of halogens is 4. The van der Waals surface area contributed by atoms with Gasteiger partial charge in [0.05, 0.1) is 17.5 Å². The summed E-state index contributed by atoms with van der Waals surface area (Å²) in [7, 11) is 0. The number of amides is 1. The molecule has 0 fully saturated rings. The van der Waals surface area contributed by atoms with Crippen LogP contribution in [-0.2, 0) is 17.4 Å². The summed E-state index contributed by atoms with van der Waals surface area (Å²) in [4.78, 5) is 16.8. The first kappa shape index (κ1) is 20.5. The SMILES string of the molecule is Cc1ccnc2c(-c3cccc(C(F)(F)F)c3)c(NC(=O)Cc3ccc(F)cc3)nn12. The van der Waals surface area contributed by atoms with Gasteiger partial charge in [0.1, 0.15) is 5.82 Å². The molecule has 9 heteroatoms. The lowest BCUT2D eigenvalue weighted by Crippen LogP contribution is -2.15. The summed E-state index contributed by atoms with van der Waals surface area (Å²) in [6.07, 6.45) is -3.05. The summed E-state index contributed by atoms with van der Waals surface area (Å²) < 4.78 is 54.3. The fourth-order valence-corrected chi connectivity index (χ4v) is 3.23. The van der Waals surface area contributed by atoms with Crippen LogP contribution >= 0.6 is 0 Å². The Bertz CT molecular complexity index is 1260. The van der Waals surface area contributed by atoms with Gasteiger partial charge in [0.2, 0.25) is 5.91 Å². The summed E-state index contributed by atoms with van der Waals surface area (Å²) in [5.74, 6) is -0.771. The quantitative estimate of drug-likeness (QED) is 0.463. The molecule has 31 heavy (non-hydrogen) atoms. The Morgan fingerprint density at radius 2 is 1.84 bits per heavy atom. The van der Waals surface area contributed by atoms with Crippen molar-refractivity contribution in [1.82, 2.24) is 14.6 Å². The predicted octanol–water partition coefficient (Wildman–Crippen LogP) is 5.04. The van der Waals surface area contributed by atoms with Gasteiger partial charge < -0.3 is 5.32 Å². The van der Waals surface area contributed by atoms with Crippen molar-refractivity contribution in [3.05, 3.63) is 83.4 Å². The zero-order chi connectivity index (χ0) is 22.2. The van der Waals surface area contributed by atoms with Gasteiger partial charge in [-0.3, -0.25) is 4.79 Å². The molecule has 0 aliphatic rings. The Morgan fingerprint density at radius 3 is 2.55 bits per heavy atom. The number of benzene rings is 2. The van der Waals surface area contributed by atoms with E-state index in [1.807, 2.05) is 0 Å². The molecule has 2 heterocycles. The third kappa shape index (κ3) is 4.25. The highest BCUT2D eigenvalue weighted by atomic mass is 19.4. The molecule has 2 aromatic heterocycles. The van der Waals surface area contributed by atoms with E-state index in [1.165, 1.54) is 47.1 Å². The van der Waals surface area contributed by atoms with Gasteiger partial charge in [0, 0.05) is 11.9 Å². The number of aromatic nitrogens is 3. The summed E-state index contributed by atoms with van der Waals surface area (Å²) in [5, 5.41) is 7.02. The van der Waals surface area contributed by atoms with Gasteiger partial charge in [-0.05, 0) is 48.4 Å². The molecule has 2 aromatic carbocycles. The fourth-order valence-electron chi connectivity index (χ4n) is 3.23. The van der Waals surface area contributed by atoms with Crippen molar-refractivity contribution in [1.29, 1.82) is 0 Å². The zero-order valence-electron chi connectivity index (χ0n) is 16.2. The van der Waals surface area contributed by atoms with Crippen molar-refractivity contribution in [2.45, 2.75) is 19.5 Å². The number of carbonyl (C=O) groups excluding carboxylic acids is 1. The smallest absolute Gasteiger partial charge is 0.308 e. The van der Waals surface area contributed by atoms with E-state index in [0.717, 1.165) is 12.1 Å². The third-order valence-electron chi connectivity index (χ3n) is 4.72. The molecule has 0 aliphatic heterocycles. The molecule has 0 atom stereocenters. The molecule has 1 amide bonds. The van der Waals surface area contributed by atoms with Crippen molar-refractivity contribution >= 4 is 17.4 Å². The van der Waals surface area contributed by atoms with Crippen molar-refractivity contribution in [2.75, 3.05) is 5.32 Å². The van der Waals surface area contributed by atoms with Crippen LogP contribution in [0.3, 0.4) is 0 Å². The highest BCUT2D eigenvalue weighted by Crippen LogP contribution is 2.36. The van der Waals surface area contributed by atoms with Crippen molar-refractivity contribution in [3.63, 3.8) is 0 Å². The second-order valence-corrected chi connectivity index (χ2v) is 6.98. The van der Waals surface area contributed by atoms with Crippen LogP contribution in [0.15, 0.2) is 60.8 Å². The number of nitrogens with zero attached hydrogens (tertiary/aromatic N) is 3. The van der Waals surface area contributed by atoms with Crippen LogP contribution in [0.5, 0.6) is 0 Å². The maximum absolute atomic E-state index is 13.2. The number of hydrogen-bond acceptors (Lipinski definition) is 3. The first-order valence-corrected chi connectivity index (χ1v) is 9.28. The minimum Gasteiger partial charge on any atom is -0.308 e. The second-order valence-electron chi connectivity index (χ2n) is 6.98. The van der Waals surface area contributed by atoms with Crippen LogP contribution in [-0.4, -0.2) is 20.5 Å². The average molecular weight is 428 g/mol. The van der Waals surface area contributed by atoms with Crippen molar-refractivity contribution < 1.29 is 22.4 Å². The van der Waals surface area contributed by atoms with Gasteiger partial charge in [-0.1, -0.05) is 24.3 Å². The fraction of sp³-hybridized carbons (Fsp3) is 0.136. The molecule has 4 aromatic rings. The Hall–Kier alpha value is -3.75. The van der Waals surface area contributed by atoms with E-state index in [4.69, 9.17) is 0 Å². The summed E-state index contributed by atoms with van der Waals surface area (Å²) in [6, 6.07) is 11.9. The van der Waals surface area contributed by atoms with Crippen LogP contribution < -0.4 is 5.32 Å². The molecule has 0 bridgehead atoms. The number of aryl methyl sites for hydroxylation is 1. The Balaban J connectivity index is 1.76. The van der Waals surface area contributed by atoms with E-state index in [-0.39, 0.29) is 23.4 Å². The second kappa shape index (κ2) is 7.82. The molecule has 1 N–H and O–H groups in total. The van der Waals surface area contributed by atoms with Gasteiger partial charge >= 0.3 is 6.18 Å². The van der Waals surface area contributed by atoms with Gasteiger partial charge in [-0.15, -0.1) is 5.10 Å². The molecule has 4 rings (SSSR count). The summed E-state index contributed by atoms with van der Waals surface area (Å²) >= 11 is 0. The molecule has 0 radical (unpaired) electrons. The standard InChI is InChI=1S/C22H16F4N4O/c1-13-9-10-27-21-19(15-3-2-4-16(12-15)22(24,25)26)20(29-30(13)21)28-18(31)11-14-5-7-17(23)8-6-14/h2-10,12H,11H2,1H3,(H,28,29,31). The molecule has 0 saturated carbocycles. The topological polar surface area (TPSA) is 59.3 Å². The molecule has 0 saturated heterocycles. The lowest BCUT2D eigenvalue weighted by atomic mass is 10.0. The van der Waals surface area contributed by atoms with E-state index in [0.29, 0.717) is 16.9 Å². The molecule has 0 unspecified atom stereocenters. The highest BCUT2D eigenvalue weighted by molar-refractivity contribution is 5.98. The van der Waals surface area contributed by atoms with Crippen LogP contribution in [0, 0.1) is 12.7 Å². The maximum Gasteiger partial charge on any atom is 0.416 e. The minimum absolute atomic E-state index is 0.0530. The molecule has 158 valence electrons. The molecule has 0 aliphatic carbocycles. The van der Waals surface area contributed by atoms with Crippen molar-refractivity contribution in [3.8, 4) is 11.1 Å². The zero-order valence-corrected chi connectivity index (χ0v) is 16.2. The monoisotopic (exact) mass is 428 g/mol. The summed E-state index contributed by atoms with van der Waals surface area (Å²) in [5.41, 5.74) is 1.27. The number of hydrogen-bond donors (Lipinski definition) is 1. The number of alkyl halides is 3. The van der Waals surface area contributed by atoms with Crippen LogP contribution in [0.4, 0.5) is 23.4 Å². The number of anilines is 1. The minimum atomic E-state index is -4.52. The number of rotatable bonds is 4. The van der Waals surface area contributed by atoms with E-state index < -0.39 is 23.5 Å². The predicted molar refractivity (Wildman–Crippen MR) is 107 cm³/mol. The molecular formula is C22H16F4N4O. The number of fused-ring (bicyclic) bond motifs is 1. The summed E-state index contributed by atoms with van der Waals surface area (Å²) in [6.45, 7) is 1.77. The van der Waals surface area contributed by atoms with E-state index in [2.05, 4.69) is 15.4 Å². The van der Waals surface area contributed by atoms with Crippen LogP contribution in [0.2, 0.25) is 0 Å². The van der Waals surface area contributed by atoms with Crippen LogP contribution in [0.1, 0.15) is 16.8 Å². The average Bonchev–Trinajstić information content (AvgIpc) is 3.08. The van der Waals surface area contributed by atoms with E-state index in [9.17, 15) is 22.4 Å². The van der Waals surface area contributed by atoms with Gasteiger partial charge in [-0.25, -0.2) is 13.9 Å².